The van der Waals surface area contributed by atoms with Crippen molar-refractivity contribution >= 4 is 50.5 Å². The first kappa shape index (κ1) is 13.6. The number of benzene rings is 1. The van der Waals surface area contributed by atoms with Crippen molar-refractivity contribution in [1.29, 1.82) is 0 Å². The van der Waals surface area contributed by atoms with E-state index >= 15 is 0 Å². The SMILES string of the molecule is Clc1cc2c(cc1C(Cl)c1ccc(Br)s1)OCCO2. The Hall–Kier alpha value is -0.420. The number of ether oxygens (including phenoxy) is 2. The van der Waals surface area contributed by atoms with Gasteiger partial charge in [0.25, 0.3) is 0 Å². The normalized spacial score (nSPS) is 15.3. The molecule has 0 saturated carbocycles. The second-order valence-corrected chi connectivity index (χ2v) is 7.36. The maximum atomic E-state index is 6.50. The maximum Gasteiger partial charge on any atom is 0.162 e. The molecule has 0 N–H and O–H groups in total. The second kappa shape index (κ2) is 5.52. The van der Waals surface area contributed by atoms with Crippen LogP contribution in [0.3, 0.4) is 0 Å². The summed E-state index contributed by atoms with van der Waals surface area (Å²) in [5.41, 5.74) is 0.835. The van der Waals surface area contributed by atoms with Crippen molar-refractivity contribution in [3.8, 4) is 11.5 Å². The predicted octanol–water partition coefficient (Wildman–Crippen LogP) is 5.26. The van der Waals surface area contributed by atoms with Crippen molar-refractivity contribution in [2.75, 3.05) is 13.2 Å². The van der Waals surface area contributed by atoms with Gasteiger partial charge >= 0.3 is 0 Å². The lowest BCUT2D eigenvalue weighted by molar-refractivity contribution is 0.171. The zero-order chi connectivity index (χ0) is 13.4. The molecule has 100 valence electrons. The number of thiophene rings is 1. The van der Waals surface area contributed by atoms with Crippen LogP contribution in [0.4, 0.5) is 0 Å². The highest BCUT2D eigenvalue weighted by Gasteiger charge is 2.21. The van der Waals surface area contributed by atoms with Crippen molar-refractivity contribution < 1.29 is 9.47 Å². The minimum Gasteiger partial charge on any atom is -0.486 e. The fraction of sp³-hybridized carbons (Fsp3) is 0.231. The molecule has 1 atom stereocenters. The minimum absolute atomic E-state index is 0.292. The van der Waals surface area contributed by atoms with Gasteiger partial charge in [0.2, 0.25) is 0 Å². The van der Waals surface area contributed by atoms with E-state index in [0.717, 1.165) is 14.2 Å². The molecule has 2 nitrogen and oxygen atoms in total. The zero-order valence-corrected chi connectivity index (χ0v) is 13.6. The Bertz CT molecular complexity index is 615. The number of fused-ring (bicyclic) bond motifs is 1. The van der Waals surface area contributed by atoms with Crippen LogP contribution in [0.15, 0.2) is 28.1 Å². The second-order valence-electron chi connectivity index (χ2n) is 4.02. The smallest absolute Gasteiger partial charge is 0.162 e. The van der Waals surface area contributed by atoms with Crippen molar-refractivity contribution in [2.45, 2.75) is 5.38 Å². The van der Waals surface area contributed by atoms with Crippen LogP contribution < -0.4 is 9.47 Å². The first-order valence-corrected chi connectivity index (χ1v) is 8.06. The molecule has 1 aliphatic rings. The van der Waals surface area contributed by atoms with Gasteiger partial charge in [-0.1, -0.05) is 11.6 Å². The summed E-state index contributed by atoms with van der Waals surface area (Å²) in [6.45, 7) is 1.09. The van der Waals surface area contributed by atoms with Crippen LogP contribution >= 0.6 is 50.5 Å². The highest BCUT2D eigenvalue weighted by molar-refractivity contribution is 9.11. The Morgan fingerprint density at radius 2 is 1.84 bits per heavy atom. The number of halogens is 3. The van der Waals surface area contributed by atoms with Crippen molar-refractivity contribution in [3.63, 3.8) is 0 Å². The van der Waals surface area contributed by atoms with Crippen LogP contribution in [0.5, 0.6) is 11.5 Å². The standard InChI is InChI=1S/C13H9BrCl2O2S/c14-12-2-1-11(19-12)13(16)7-5-9-10(6-8(7)15)18-4-3-17-9/h1-2,5-6,13H,3-4H2. The van der Waals surface area contributed by atoms with Gasteiger partial charge in [0.1, 0.15) is 13.2 Å². The lowest BCUT2D eigenvalue weighted by atomic mass is 10.1. The minimum atomic E-state index is -0.292. The molecule has 0 amide bonds. The molecule has 0 bridgehead atoms. The number of hydrogen-bond donors (Lipinski definition) is 0. The van der Waals surface area contributed by atoms with E-state index in [-0.39, 0.29) is 5.38 Å². The van der Waals surface area contributed by atoms with Crippen LogP contribution in [-0.2, 0) is 0 Å². The first-order valence-electron chi connectivity index (χ1n) is 5.63. The molecule has 19 heavy (non-hydrogen) atoms. The topological polar surface area (TPSA) is 18.5 Å². The van der Waals surface area contributed by atoms with Gasteiger partial charge in [0.15, 0.2) is 11.5 Å². The molecular formula is C13H9BrCl2O2S. The fourth-order valence-corrected chi connectivity index (χ4v) is 4.02. The predicted molar refractivity (Wildman–Crippen MR) is 82.2 cm³/mol. The van der Waals surface area contributed by atoms with E-state index in [9.17, 15) is 0 Å². The van der Waals surface area contributed by atoms with Gasteiger partial charge in [-0.15, -0.1) is 22.9 Å². The van der Waals surface area contributed by atoms with Crippen LogP contribution in [0, 0.1) is 0 Å². The van der Waals surface area contributed by atoms with Crippen LogP contribution in [0.25, 0.3) is 0 Å². The highest BCUT2D eigenvalue weighted by Crippen LogP contribution is 2.43. The van der Waals surface area contributed by atoms with E-state index < -0.39 is 0 Å². The fourth-order valence-electron chi connectivity index (χ4n) is 1.89. The summed E-state index contributed by atoms with van der Waals surface area (Å²) in [6.07, 6.45) is 0. The Morgan fingerprint density at radius 3 is 2.47 bits per heavy atom. The van der Waals surface area contributed by atoms with E-state index in [1.54, 1.807) is 17.4 Å². The van der Waals surface area contributed by atoms with E-state index in [4.69, 9.17) is 32.7 Å². The van der Waals surface area contributed by atoms with Gasteiger partial charge in [-0.05, 0) is 39.7 Å². The van der Waals surface area contributed by atoms with E-state index in [1.807, 2.05) is 18.2 Å². The van der Waals surface area contributed by atoms with Crippen LogP contribution in [0.2, 0.25) is 5.02 Å². The van der Waals surface area contributed by atoms with E-state index in [2.05, 4.69) is 15.9 Å². The molecule has 0 spiro atoms. The summed E-state index contributed by atoms with van der Waals surface area (Å²) in [6, 6.07) is 7.59. The number of hydrogen-bond acceptors (Lipinski definition) is 3. The van der Waals surface area contributed by atoms with Crippen molar-refractivity contribution in [2.24, 2.45) is 0 Å². The summed E-state index contributed by atoms with van der Waals surface area (Å²) in [4.78, 5) is 1.03. The van der Waals surface area contributed by atoms with Crippen LogP contribution in [0.1, 0.15) is 15.8 Å². The summed E-state index contributed by atoms with van der Waals surface area (Å²) in [5, 5.41) is 0.299. The monoisotopic (exact) mass is 378 g/mol. The molecule has 0 saturated heterocycles. The Morgan fingerprint density at radius 1 is 1.16 bits per heavy atom. The average Bonchev–Trinajstić information content (AvgIpc) is 2.84. The van der Waals surface area contributed by atoms with Crippen molar-refractivity contribution in [3.05, 3.63) is 43.5 Å². The molecule has 1 unspecified atom stereocenters. The van der Waals surface area contributed by atoms with Gasteiger partial charge in [-0.3, -0.25) is 0 Å². The lowest BCUT2D eigenvalue weighted by Crippen LogP contribution is -2.15. The molecule has 6 heteroatoms. The summed E-state index contributed by atoms with van der Waals surface area (Å²) in [7, 11) is 0. The third-order valence-corrected chi connectivity index (χ3v) is 5.39. The third kappa shape index (κ3) is 2.72. The molecule has 1 aromatic heterocycles. The maximum absolute atomic E-state index is 6.50. The van der Waals surface area contributed by atoms with Gasteiger partial charge in [-0.2, -0.15) is 0 Å². The molecule has 1 aliphatic heterocycles. The van der Waals surface area contributed by atoms with Gasteiger partial charge in [-0.25, -0.2) is 0 Å². The molecule has 3 rings (SSSR count). The Labute approximate surface area is 133 Å². The Kier molecular flexibility index (Phi) is 3.94. The summed E-state index contributed by atoms with van der Waals surface area (Å²) < 4.78 is 12.1. The third-order valence-electron chi connectivity index (χ3n) is 2.78. The largest absolute Gasteiger partial charge is 0.486 e. The summed E-state index contributed by atoms with van der Waals surface area (Å²) in [5.74, 6) is 1.38. The molecule has 1 aromatic carbocycles. The van der Waals surface area contributed by atoms with E-state index in [1.165, 1.54) is 0 Å². The van der Waals surface area contributed by atoms with Gasteiger partial charge in [0, 0.05) is 16.0 Å². The molecule has 2 heterocycles. The average molecular weight is 380 g/mol. The van der Waals surface area contributed by atoms with Crippen molar-refractivity contribution in [1.82, 2.24) is 0 Å². The zero-order valence-electron chi connectivity index (χ0n) is 9.66. The Balaban J connectivity index is 2.00. The molecule has 0 aliphatic carbocycles. The molecular weight excluding hydrogens is 371 g/mol. The van der Waals surface area contributed by atoms with Gasteiger partial charge in [0.05, 0.1) is 9.16 Å². The van der Waals surface area contributed by atoms with E-state index in [0.29, 0.717) is 29.7 Å². The first-order chi connectivity index (χ1) is 9.15. The van der Waals surface area contributed by atoms with Gasteiger partial charge < -0.3 is 9.47 Å². The highest BCUT2D eigenvalue weighted by atomic mass is 79.9. The molecule has 0 fully saturated rings. The summed E-state index contributed by atoms with van der Waals surface area (Å²) >= 11 is 17.8. The number of alkyl halides is 1. The number of rotatable bonds is 2. The molecule has 2 aromatic rings. The molecule has 0 radical (unpaired) electrons. The quantitative estimate of drug-likeness (QED) is 0.662. The van der Waals surface area contributed by atoms with Crippen LogP contribution in [-0.4, -0.2) is 13.2 Å². The lowest BCUT2D eigenvalue weighted by Gasteiger charge is -2.21.